The van der Waals surface area contributed by atoms with Crippen LogP contribution in [0.3, 0.4) is 0 Å². The number of anilines is 3. The van der Waals surface area contributed by atoms with E-state index in [2.05, 4.69) is 27.0 Å². The number of piperidine rings is 1. The number of fused-ring (bicyclic) bond motifs is 1. The number of hydrogen-bond donors (Lipinski definition) is 3. The lowest BCUT2D eigenvalue weighted by atomic mass is 9.91. The molecule has 0 radical (unpaired) electrons. The number of carbonyl (C=O) groups is 1. The zero-order valence-corrected chi connectivity index (χ0v) is 20.4. The van der Waals surface area contributed by atoms with Gasteiger partial charge in [0, 0.05) is 24.3 Å². The molecule has 0 bridgehead atoms. The molecule has 2 aliphatic heterocycles. The van der Waals surface area contributed by atoms with Crippen molar-refractivity contribution in [2.45, 2.75) is 31.9 Å². The minimum Gasteiger partial charge on any atom is -0.382 e. The van der Waals surface area contributed by atoms with E-state index in [0.717, 1.165) is 44.5 Å². The van der Waals surface area contributed by atoms with E-state index in [1.807, 2.05) is 18.2 Å². The molecular weight excluding hydrogens is 479 g/mol. The van der Waals surface area contributed by atoms with Gasteiger partial charge >= 0.3 is 12.2 Å². The number of halogens is 3. The van der Waals surface area contributed by atoms with Gasteiger partial charge in [-0.05, 0) is 86.7 Å². The van der Waals surface area contributed by atoms with Crippen molar-refractivity contribution in [2.75, 3.05) is 41.7 Å². The topological polar surface area (TPSA) is 69.3 Å². The van der Waals surface area contributed by atoms with E-state index >= 15 is 0 Å². The molecule has 0 spiro atoms. The highest BCUT2D eigenvalue weighted by Crippen LogP contribution is 2.34. The van der Waals surface area contributed by atoms with Crippen LogP contribution in [0, 0.1) is 5.92 Å². The molecule has 5 rings (SSSR count). The molecule has 194 valence electrons. The smallest absolute Gasteiger partial charge is 0.382 e. The minimum atomic E-state index is -4.45. The first kappa shape index (κ1) is 25.1. The van der Waals surface area contributed by atoms with Crippen molar-refractivity contribution in [2.24, 2.45) is 5.92 Å². The number of nitrogens with zero attached hydrogens (tertiary/aromatic N) is 2. The van der Waals surface area contributed by atoms with Crippen LogP contribution >= 0.6 is 0 Å². The summed E-state index contributed by atoms with van der Waals surface area (Å²) in [5, 5.41) is 9.67. The number of nitrogens with one attached hydrogen (secondary N) is 3. The van der Waals surface area contributed by atoms with Gasteiger partial charge in [-0.2, -0.15) is 13.2 Å². The fourth-order valence-corrected chi connectivity index (χ4v) is 4.96. The molecule has 6 nitrogen and oxygen atoms in total. The average molecular weight is 510 g/mol. The number of carbonyl (C=O) groups excluding carboxylic acids is 1. The van der Waals surface area contributed by atoms with Gasteiger partial charge in [-0.1, -0.05) is 24.3 Å². The van der Waals surface area contributed by atoms with Crippen molar-refractivity contribution in [3.05, 3.63) is 71.8 Å². The Balaban J connectivity index is 1.37. The molecule has 1 saturated heterocycles. The summed E-state index contributed by atoms with van der Waals surface area (Å²) in [6, 6.07) is 16.1. The molecule has 3 aromatic rings. The Morgan fingerprint density at radius 2 is 1.84 bits per heavy atom. The van der Waals surface area contributed by atoms with Gasteiger partial charge in [0.05, 0.1) is 16.9 Å². The van der Waals surface area contributed by atoms with Gasteiger partial charge < -0.3 is 16.0 Å². The van der Waals surface area contributed by atoms with Gasteiger partial charge in [-0.15, -0.1) is 0 Å². The van der Waals surface area contributed by atoms with Crippen molar-refractivity contribution in [1.29, 1.82) is 0 Å². The lowest BCUT2D eigenvalue weighted by Gasteiger charge is -2.24. The van der Waals surface area contributed by atoms with Gasteiger partial charge in [0.1, 0.15) is 0 Å². The molecule has 1 aromatic heterocycles. The maximum absolute atomic E-state index is 13.4. The van der Waals surface area contributed by atoms with Crippen molar-refractivity contribution >= 4 is 23.2 Å². The molecule has 0 atom stereocenters. The lowest BCUT2D eigenvalue weighted by Crippen LogP contribution is -2.36. The Morgan fingerprint density at radius 3 is 2.65 bits per heavy atom. The van der Waals surface area contributed by atoms with Gasteiger partial charge in [0.25, 0.3) is 0 Å². The van der Waals surface area contributed by atoms with E-state index in [1.54, 1.807) is 23.1 Å². The van der Waals surface area contributed by atoms with Crippen LogP contribution in [0.15, 0.2) is 60.7 Å². The van der Waals surface area contributed by atoms with Gasteiger partial charge in [-0.25, -0.2) is 9.78 Å². The van der Waals surface area contributed by atoms with Gasteiger partial charge in [0.15, 0.2) is 5.82 Å². The van der Waals surface area contributed by atoms with Crippen LogP contribution in [0.2, 0.25) is 0 Å². The Kier molecular flexibility index (Phi) is 7.32. The first-order valence-electron chi connectivity index (χ1n) is 12.7. The summed E-state index contributed by atoms with van der Waals surface area (Å²) in [5.41, 5.74) is 2.54. The summed E-state index contributed by atoms with van der Waals surface area (Å²) < 4.78 is 39.8. The molecule has 37 heavy (non-hydrogen) atoms. The maximum atomic E-state index is 13.4. The normalized spacial score (nSPS) is 16.5. The van der Waals surface area contributed by atoms with Crippen molar-refractivity contribution in [3.63, 3.8) is 0 Å². The summed E-state index contributed by atoms with van der Waals surface area (Å²) in [6.07, 6.45) is -0.470. The highest BCUT2D eigenvalue weighted by Gasteiger charge is 2.31. The predicted molar refractivity (Wildman–Crippen MR) is 140 cm³/mol. The molecular formula is C28H30F3N5O. The molecule has 0 saturated carbocycles. The predicted octanol–water partition coefficient (Wildman–Crippen LogP) is 6.16. The summed E-state index contributed by atoms with van der Waals surface area (Å²) in [7, 11) is 0. The third-order valence-electron chi connectivity index (χ3n) is 6.90. The Labute approximate surface area is 214 Å². The SMILES string of the molecule is O=C(Nc1cccc(CC2CCNCC2)c1)N1CCCNc2ccc(-c3cccc(C(F)(F)F)c3)nc21. The highest BCUT2D eigenvalue weighted by atomic mass is 19.4. The van der Waals surface area contributed by atoms with Crippen molar-refractivity contribution in [3.8, 4) is 11.3 Å². The molecule has 2 aromatic carbocycles. The van der Waals surface area contributed by atoms with Crippen LogP contribution in [0.1, 0.15) is 30.4 Å². The fourth-order valence-electron chi connectivity index (χ4n) is 4.96. The maximum Gasteiger partial charge on any atom is 0.416 e. The standard InChI is InChI=1S/C28H30F3N5O/c29-28(30,31)22-6-2-5-21(18-22)24-8-9-25-26(35-24)36(15-3-12-33-25)27(37)34-23-7-1-4-20(17-23)16-19-10-13-32-14-11-19/h1-2,4-9,17-19,32-33H,3,10-16H2,(H,34,37). The van der Waals surface area contributed by atoms with Gasteiger partial charge in [0.2, 0.25) is 0 Å². The highest BCUT2D eigenvalue weighted by molar-refractivity contribution is 6.03. The van der Waals surface area contributed by atoms with Crippen LogP contribution in [0.5, 0.6) is 0 Å². The number of hydrogen-bond acceptors (Lipinski definition) is 4. The van der Waals surface area contributed by atoms with Crippen molar-refractivity contribution < 1.29 is 18.0 Å². The van der Waals surface area contributed by atoms with Gasteiger partial charge in [-0.3, -0.25) is 4.90 Å². The lowest BCUT2D eigenvalue weighted by molar-refractivity contribution is -0.137. The molecule has 1 fully saturated rings. The first-order valence-corrected chi connectivity index (χ1v) is 12.7. The summed E-state index contributed by atoms with van der Waals surface area (Å²) in [6.45, 7) is 3.17. The molecule has 9 heteroatoms. The van der Waals surface area contributed by atoms with Crippen LogP contribution in [0.4, 0.5) is 35.2 Å². The third kappa shape index (κ3) is 6.05. The van der Waals surface area contributed by atoms with Crippen LogP contribution in [-0.2, 0) is 12.6 Å². The summed E-state index contributed by atoms with van der Waals surface area (Å²) in [5.74, 6) is 1.03. The second kappa shape index (κ2) is 10.8. The number of amides is 2. The van der Waals surface area contributed by atoms with Crippen LogP contribution < -0.4 is 20.9 Å². The number of rotatable bonds is 4. The first-order chi connectivity index (χ1) is 17.9. The minimum absolute atomic E-state index is 0.322. The quantitative estimate of drug-likeness (QED) is 0.394. The second-order valence-electron chi connectivity index (χ2n) is 9.61. The number of urea groups is 1. The second-order valence-corrected chi connectivity index (χ2v) is 9.61. The molecule has 3 N–H and O–H groups in total. The number of alkyl halides is 3. The number of aromatic nitrogens is 1. The zero-order chi connectivity index (χ0) is 25.8. The molecule has 0 aliphatic carbocycles. The number of benzene rings is 2. The summed E-state index contributed by atoms with van der Waals surface area (Å²) >= 11 is 0. The zero-order valence-electron chi connectivity index (χ0n) is 20.4. The van der Waals surface area contributed by atoms with Crippen LogP contribution in [0.25, 0.3) is 11.3 Å². The van der Waals surface area contributed by atoms with E-state index < -0.39 is 11.7 Å². The van der Waals surface area contributed by atoms with E-state index in [-0.39, 0.29) is 6.03 Å². The van der Waals surface area contributed by atoms with E-state index in [0.29, 0.717) is 53.9 Å². The number of pyridine rings is 1. The Hall–Kier alpha value is -3.59. The monoisotopic (exact) mass is 509 g/mol. The summed E-state index contributed by atoms with van der Waals surface area (Å²) in [4.78, 5) is 19.6. The molecule has 2 aliphatic rings. The third-order valence-corrected chi connectivity index (χ3v) is 6.90. The Bertz CT molecular complexity index is 1260. The average Bonchev–Trinajstić information content (AvgIpc) is 3.11. The van der Waals surface area contributed by atoms with Crippen LogP contribution in [-0.4, -0.2) is 37.2 Å². The van der Waals surface area contributed by atoms with Crippen molar-refractivity contribution in [1.82, 2.24) is 10.3 Å². The molecule has 3 heterocycles. The molecule has 2 amide bonds. The largest absolute Gasteiger partial charge is 0.416 e. The fraction of sp³-hybridized carbons (Fsp3) is 0.357. The van der Waals surface area contributed by atoms with E-state index in [4.69, 9.17) is 0 Å². The Morgan fingerprint density at radius 1 is 1.03 bits per heavy atom. The van der Waals surface area contributed by atoms with E-state index in [9.17, 15) is 18.0 Å². The molecule has 0 unspecified atom stereocenters. The van der Waals surface area contributed by atoms with E-state index in [1.165, 1.54) is 11.6 Å².